The second-order valence-electron chi connectivity index (χ2n) is 6.57. The lowest BCUT2D eigenvalue weighted by Crippen LogP contribution is -2.30. The number of benzene rings is 2. The van der Waals surface area contributed by atoms with Gasteiger partial charge in [0.1, 0.15) is 5.75 Å². The van der Waals surface area contributed by atoms with Crippen LogP contribution < -0.4 is 4.74 Å². The Morgan fingerprint density at radius 3 is 2.31 bits per heavy atom. The van der Waals surface area contributed by atoms with E-state index in [9.17, 15) is 13.6 Å². The van der Waals surface area contributed by atoms with Crippen molar-refractivity contribution in [1.29, 1.82) is 0 Å². The van der Waals surface area contributed by atoms with Gasteiger partial charge in [-0.15, -0.1) is 0 Å². The number of carbonyl (C=O) groups excluding carboxylic acids is 1. The minimum atomic E-state index is -3.00. The highest BCUT2D eigenvalue weighted by Crippen LogP contribution is 2.24. The molecule has 150 valence electrons. The number of alkyl halides is 2. The summed E-state index contributed by atoms with van der Waals surface area (Å²) < 4.78 is 30.1. The molecule has 0 aliphatic heterocycles. The molecular weight excluding hydrogens is 374 g/mol. The number of halogens is 2. The number of amides is 1. The van der Waals surface area contributed by atoms with E-state index in [2.05, 4.69) is 16.6 Å². The summed E-state index contributed by atoms with van der Waals surface area (Å²) in [5, 5.41) is 0. The SMILES string of the molecule is CCc1ccc(CN(Cc2cccnc2)C(=O)c2ccccc2OC(F)F)cc1. The van der Waals surface area contributed by atoms with Crippen LogP contribution in [0.2, 0.25) is 0 Å². The van der Waals surface area contributed by atoms with Crippen molar-refractivity contribution in [2.75, 3.05) is 0 Å². The van der Waals surface area contributed by atoms with Crippen molar-refractivity contribution >= 4 is 5.91 Å². The first-order valence-corrected chi connectivity index (χ1v) is 9.36. The van der Waals surface area contributed by atoms with Gasteiger partial charge in [-0.3, -0.25) is 9.78 Å². The Bertz CT molecular complexity index is 931. The van der Waals surface area contributed by atoms with E-state index in [1.54, 1.807) is 35.5 Å². The molecule has 3 rings (SSSR count). The molecule has 0 bridgehead atoms. The van der Waals surface area contributed by atoms with Crippen LogP contribution in [0.4, 0.5) is 8.78 Å². The van der Waals surface area contributed by atoms with Crippen LogP contribution in [0.3, 0.4) is 0 Å². The zero-order chi connectivity index (χ0) is 20.6. The van der Waals surface area contributed by atoms with E-state index < -0.39 is 6.61 Å². The van der Waals surface area contributed by atoms with Gasteiger partial charge in [-0.2, -0.15) is 8.78 Å². The summed E-state index contributed by atoms with van der Waals surface area (Å²) in [6.45, 7) is -0.295. The van der Waals surface area contributed by atoms with Gasteiger partial charge < -0.3 is 9.64 Å². The summed E-state index contributed by atoms with van der Waals surface area (Å²) in [5.74, 6) is -0.519. The van der Waals surface area contributed by atoms with E-state index in [0.717, 1.165) is 17.5 Å². The topological polar surface area (TPSA) is 42.4 Å². The number of aryl methyl sites for hydroxylation is 1. The Morgan fingerprint density at radius 1 is 0.966 bits per heavy atom. The number of nitrogens with zero attached hydrogens (tertiary/aromatic N) is 2. The van der Waals surface area contributed by atoms with Gasteiger partial charge in [-0.25, -0.2) is 0 Å². The maximum absolute atomic E-state index is 13.3. The van der Waals surface area contributed by atoms with Crippen LogP contribution in [0, 0.1) is 0 Å². The van der Waals surface area contributed by atoms with Crippen molar-refractivity contribution < 1.29 is 18.3 Å². The van der Waals surface area contributed by atoms with Crippen LogP contribution in [0.5, 0.6) is 5.75 Å². The second-order valence-corrected chi connectivity index (χ2v) is 6.57. The molecule has 0 saturated carbocycles. The second kappa shape index (κ2) is 9.78. The smallest absolute Gasteiger partial charge is 0.387 e. The quantitative estimate of drug-likeness (QED) is 0.533. The minimum Gasteiger partial charge on any atom is -0.434 e. The molecule has 0 aliphatic rings. The van der Waals surface area contributed by atoms with Crippen molar-refractivity contribution in [2.24, 2.45) is 0 Å². The van der Waals surface area contributed by atoms with Gasteiger partial charge in [0.25, 0.3) is 5.91 Å². The Morgan fingerprint density at radius 2 is 1.66 bits per heavy atom. The van der Waals surface area contributed by atoms with Crippen molar-refractivity contribution in [3.8, 4) is 5.75 Å². The maximum atomic E-state index is 13.3. The number of hydrogen-bond donors (Lipinski definition) is 0. The van der Waals surface area contributed by atoms with Gasteiger partial charge in [0.15, 0.2) is 0 Å². The van der Waals surface area contributed by atoms with E-state index in [0.29, 0.717) is 13.1 Å². The third kappa shape index (κ3) is 5.60. The van der Waals surface area contributed by atoms with E-state index in [-0.39, 0.29) is 17.2 Å². The van der Waals surface area contributed by atoms with Crippen molar-refractivity contribution in [2.45, 2.75) is 33.0 Å². The highest BCUT2D eigenvalue weighted by molar-refractivity contribution is 5.96. The predicted octanol–water partition coefficient (Wildman–Crippen LogP) is 5.09. The van der Waals surface area contributed by atoms with Crippen LogP contribution in [-0.2, 0) is 19.5 Å². The first-order valence-electron chi connectivity index (χ1n) is 9.36. The molecule has 1 aromatic heterocycles. The molecule has 29 heavy (non-hydrogen) atoms. The molecule has 0 aliphatic carbocycles. The minimum absolute atomic E-state index is 0.0990. The van der Waals surface area contributed by atoms with Crippen molar-refractivity contribution in [3.05, 3.63) is 95.3 Å². The van der Waals surface area contributed by atoms with Crippen LogP contribution in [0.25, 0.3) is 0 Å². The van der Waals surface area contributed by atoms with Crippen LogP contribution in [0.1, 0.15) is 34.0 Å². The average Bonchev–Trinajstić information content (AvgIpc) is 2.74. The van der Waals surface area contributed by atoms with Gasteiger partial charge in [-0.1, -0.05) is 49.4 Å². The monoisotopic (exact) mass is 396 g/mol. The van der Waals surface area contributed by atoms with Crippen LogP contribution >= 0.6 is 0 Å². The first-order chi connectivity index (χ1) is 14.1. The molecule has 1 heterocycles. The molecule has 0 unspecified atom stereocenters. The summed E-state index contributed by atoms with van der Waals surface area (Å²) in [4.78, 5) is 19.0. The lowest BCUT2D eigenvalue weighted by molar-refractivity contribution is -0.0503. The fraction of sp³-hybridized carbons (Fsp3) is 0.217. The normalized spacial score (nSPS) is 10.8. The van der Waals surface area contributed by atoms with Gasteiger partial charge >= 0.3 is 6.61 Å². The standard InChI is InChI=1S/C23H22F2N2O2/c1-2-17-9-11-18(12-10-17)15-27(16-19-6-5-13-26-14-19)22(28)20-7-3-4-8-21(20)29-23(24)25/h3-14,23H,2,15-16H2,1H3. The molecule has 0 saturated heterocycles. The molecule has 0 radical (unpaired) electrons. The molecule has 6 heteroatoms. The highest BCUT2D eigenvalue weighted by Gasteiger charge is 2.22. The lowest BCUT2D eigenvalue weighted by atomic mass is 10.1. The highest BCUT2D eigenvalue weighted by atomic mass is 19.3. The summed E-state index contributed by atoms with van der Waals surface area (Å²) in [7, 11) is 0. The number of rotatable bonds is 8. The summed E-state index contributed by atoms with van der Waals surface area (Å²) in [6.07, 6.45) is 4.27. The zero-order valence-electron chi connectivity index (χ0n) is 16.1. The summed E-state index contributed by atoms with van der Waals surface area (Å²) in [6, 6.07) is 17.7. The Hall–Kier alpha value is -3.28. The molecule has 0 fully saturated rings. The number of aromatic nitrogens is 1. The number of carbonyl (C=O) groups is 1. The van der Waals surface area contributed by atoms with Gasteiger partial charge in [0.05, 0.1) is 5.56 Å². The fourth-order valence-corrected chi connectivity index (χ4v) is 3.02. The number of pyridine rings is 1. The Balaban J connectivity index is 1.90. The third-order valence-corrected chi connectivity index (χ3v) is 4.52. The predicted molar refractivity (Wildman–Crippen MR) is 107 cm³/mol. The third-order valence-electron chi connectivity index (χ3n) is 4.52. The fourth-order valence-electron chi connectivity index (χ4n) is 3.02. The summed E-state index contributed by atoms with van der Waals surface area (Å²) >= 11 is 0. The molecular formula is C23H22F2N2O2. The zero-order valence-corrected chi connectivity index (χ0v) is 16.1. The Labute approximate surface area is 168 Å². The van der Waals surface area contributed by atoms with E-state index >= 15 is 0 Å². The molecule has 2 aromatic carbocycles. The Kier molecular flexibility index (Phi) is 6.89. The van der Waals surface area contributed by atoms with Gasteiger partial charge in [0.2, 0.25) is 0 Å². The molecule has 0 spiro atoms. The largest absolute Gasteiger partial charge is 0.434 e. The van der Waals surface area contributed by atoms with Crippen molar-refractivity contribution in [1.82, 2.24) is 9.88 Å². The van der Waals surface area contributed by atoms with Crippen LogP contribution in [0.15, 0.2) is 73.1 Å². The number of para-hydroxylation sites is 1. The van der Waals surface area contributed by atoms with E-state index in [1.165, 1.54) is 17.7 Å². The first kappa shape index (κ1) is 20.5. The van der Waals surface area contributed by atoms with Gasteiger partial charge in [-0.05, 0) is 41.3 Å². The van der Waals surface area contributed by atoms with E-state index in [4.69, 9.17) is 0 Å². The van der Waals surface area contributed by atoms with Gasteiger partial charge in [0, 0.05) is 25.5 Å². The van der Waals surface area contributed by atoms with E-state index in [1.807, 2.05) is 30.3 Å². The molecule has 3 aromatic rings. The number of hydrogen-bond acceptors (Lipinski definition) is 3. The molecule has 4 nitrogen and oxygen atoms in total. The van der Waals surface area contributed by atoms with Crippen LogP contribution in [-0.4, -0.2) is 22.4 Å². The lowest BCUT2D eigenvalue weighted by Gasteiger charge is -2.24. The summed E-state index contributed by atoms with van der Waals surface area (Å²) in [5.41, 5.74) is 3.10. The maximum Gasteiger partial charge on any atom is 0.387 e. The average molecular weight is 396 g/mol. The van der Waals surface area contributed by atoms with Crippen molar-refractivity contribution in [3.63, 3.8) is 0 Å². The number of ether oxygens (including phenoxy) is 1. The molecule has 1 amide bonds. The molecule has 0 atom stereocenters. The molecule has 0 N–H and O–H groups in total.